The number of piperidine rings is 1. The highest BCUT2D eigenvalue weighted by atomic mass is 79.9. The van der Waals surface area contributed by atoms with Crippen LogP contribution in [0.25, 0.3) is 0 Å². The van der Waals surface area contributed by atoms with Crippen molar-refractivity contribution in [2.45, 2.75) is 26.3 Å². The largest absolute Gasteiger partial charge is 0.393 e. The molecule has 1 aromatic rings. The van der Waals surface area contributed by atoms with Gasteiger partial charge in [0, 0.05) is 16.4 Å². The van der Waals surface area contributed by atoms with E-state index in [9.17, 15) is 4.39 Å². The van der Waals surface area contributed by atoms with E-state index in [0.29, 0.717) is 4.99 Å². The van der Waals surface area contributed by atoms with Crippen molar-refractivity contribution in [1.82, 2.24) is 4.90 Å². The van der Waals surface area contributed by atoms with Crippen LogP contribution in [0.2, 0.25) is 0 Å². The van der Waals surface area contributed by atoms with E-state index in [2.05, 4.69) is 27.8 Å². The molecule has 0 amide bonds. The van der Waals surface area contributed by atoms with E-state index in [1.54, 1.807) is 6.07 Å². The van der Waals surface area contributed by atoms with E-state index in [1.807, 2.05) is 6.07 Å². The highest BCUT2D eigenvalue weighted by molar-refractivity contribution is 9.10. The molecule has 0 saturated carbocycles. The van der Waals surface area contributed by atoms with Crippen molar-refractivity contribution in [3.05, 3.63) is 34.1 Å². The molecule has 1 fully saturated rings. The van der Waals surface area contributed by atoms with Crippen LogP contribution in [0, 0.1) is 11.2 Å². The highest BCUT2D eigenvalue weighted by Gasteiger charge is 2.32. The van der Waals surface area contributed by atoms with E-state index in [0.717, 1.165) is 42.5 Å². The molecule has 0 spiro atoms. The van der Waals surface area contributed by atoms with Crippen LogP contribution in [0.4, 0.5) is 4.39 Å². The number of halogens is 2. The van der Waals surface area contributed by atoms with Crippen molar-refractivity contribution >= 4 is 33.1 Å². The Morgan fingerprint density at radius 1 is 1.42 bits per heavy atom. The fraction of sp³-hybridized carbons (Fsp3) is 0.500. The van der Waals surface area contributed by atoms with E-state index in [1.165, 1.54) is 6.07 Å². The van der Waals surface area contributed by atoms with Gasteiger partial charge < -0.3 is 5.73 Å². The third-order valence-corrected chi connectivity index (χ3v) is 4.83. The molecule has 0 aliphatic carbocycles. The predicted molar refractivity (Wildman–Crippen MR) is 83.5 cm³/mol. The Labute approximate surface area is 127 Å². The summed E-state index contributed by atoms with van der Waals surface area (Å²) in [5.41, 5.74) is 6.77. The van der Waals surface area contributed by atoms with Crippen LogP contribution in [0.15, 0.2) is 22.7 Å². The Kier molecular flexibility index (Phi) is 4.58. The second-order valence-corrected chi connectivity index (χ2v) is 6.83. The van der Waals surface area contributed by atoms with Crippen LogP contribution in [-0.2, 0) is 6.54 Å². The molecule has 1 saturated heterocycles. The lowest BCUT2D eigenvalue weighted by Crippen LogP contribution is -2.44. The molecule has 0 aromatic heterocycles. The van der Waals surface area contributed by atoms with Gasteiger partial charge in [-0.05, 0) is 49.7 Å². The predicted octanol–water partition coefficient (Wildman–Crippen LogP) is 3.48. The Morgan fingerprint density at radius 3 is 2.58 bits per heavy atom. The molecule has 0 bridgehead atoms. The second-order valence-electron chi connectivity index (χ2n) is 5.48. The van der Waals surface area contributed by atoms with E-state index >= 15 is 0 Å². The van der Waals surface area contributed by atoms with Gasteiger partial charge in [-0.25, -0.2) is 4.39 Å². The van der Waals surface area contributed by atoms with Gasteiger partial charge >= 0.3 is 0 Å². The first kappa shape index (κ1) is 14.9. The normalized spacial score (nSPS) is 19.3. The SMILES string of the molecule is CC1(C(N)=S)CCN(Cc2cc(F)cc(Br)c2)CC1. The molecule has 1 aliphatic rings. The molecule has 2 nitrogen and oxygen atoms in total. The number of rotatable bonds is 3. The zero-order valence-electron chi connectivity index (χ0n) is 11.0. The maximum absolute atomic E-state index is 13.3. The fourth-order valence-electron chi connectivity index (χ4n) is 2.41. The molecule has 0 atom stereocenters. The van der Waals surface area contributed by atoms with Gasteiger partial charge in [0.1, 0.15) is 5.82 Å². The third kappa shape index (κ3) is 3.74. The minimum atomic E-state index is -0.200. The van der Waals surface area contributed by atoms with Gasteiger partial charge in [-0.3, -0.25) is 4.90 Å². The van der Waals surface area contributed by atoms with E-state index < -0.39 is 0 Å². The van der Waals surface area contributed by atoms with Gasteiger partial charge in [0.25, 0.3) is 0 Å². The van der Waals surface area contributed by atoms with Crippen LogP contribution in [0.1, 0.15) is 25.3 Å². The molecule has 1 aliphatic heterocycles. The van der Waals surface area contributed by atoms with Crippen molar-refractivity contribution < 1.29 is 4.39 Å². The minimum absolute atomic E-state index is 0.0195. The summed E-state index contributed by atoms with van der Waals surface area (Å²) in [5.74, 6) is -0.200. The summed E-state index contributed by atoms with van der Waals surface area (Å²) in [6, 6.07) is 5.03. The zero-order chi connectivity index (χ0) is 14.0. The van der Waals surface area contributed by atoms with Crippen LogP contribution in [0.5, 0.6) is 0 Å². The maximum Gasteiger partial charge on any atom is 0.124 e. The molecular weight excluding hydrogens is 327 g/mol. The number of nitrogens with zero attached hydrogens (tertiary/aromatic N) is 1. The van der Waals surface area contributed by atoms with Gasteiger partial charge in [0.15, 0.2) is 0 Å². The van der Waals surface area contributed by atoms with E-state index in [-0.39, 0.29) is 11.2 Å². The Morgan fingerprint density at radius 2 is 2.05 bits per heavy atom. The molecule has 19 heavy (non-hydrogen) atoms. The molecule has 104 valence electrons. The lowest BCUT2D eigenvalue weighted by Gasteiger charge is -2.38. The van der Waals surface area contributed by atoms with Crippen LogP contribution in [0.3, 0.4) is 0 Å². The summed E-state index contributed by atoms with van der Waals surface area (Å²) in [6.07, 6.45) is 1.94. The zero-order valence-corrected chi connectivity index (χ0v) is 13.4. The van der Waals surface area contributed by atoms with Crippen molar-refractivity contribution in [3.63, 3.8) is 0 Å². The van der Waals surface area contributed by atoms with Crippen LogP contribution >= 0.6 is 28.1 Å². The minimum Gasteiger partial charge on any atom is -0.393 e. The number of benzene rings is 1. The summed E-state index contributed by atoms with van der Waals surface area (Å²) >= 11 is 8.46. The Bertz CT molecular complexity index is 464. The first-order chi connectivity index (χ1) is 8.89. The smallest absolute Gasteiger partial charge is 0.124 e. The maximum atomic E-state index is 13.3. The Balaban J connectivity index is 1.97. The van der Waals surface area contributed by atoms with Crippen molar-refractivity contribution in [2.24, 2.45) is 11.1 Å². The second kappa shape index (κ2) is 5.85. The lowest BCUT2D eigenvalue weighted by atomic mass is 9.80. The fourth-order valence-corrected chi connectivity index (χ4v) is 3.13. The first-order valence-electron chi connectivity index (χ1n) is 6.36. The van der Waals surface area contributed by atoms with Gasteiger partial charge in [0.2, 0.25) is 0 Å². The topological polar surface area (TPSA) is 29.3 Å². The molecule has 2 rings (SSSR count). The first-order valence-corrected chi connectivity index (χ1v) is 7.56. The molecular formula is C14H18BrFN2S. The number of nitrogens with two attached hydrogens (primary N) is 1. The summed E-state index contributed by atoms with van der Waals surface area (Å²) in [5, 5.41) is 0. The van der Waals surface area contributed by atoms with Crippen molar-refractivity contribution in [3.8, 4) is 0 Å². The number of likely N-dealkylation sites (tertiary alicyclic amines) is 1. The summed E-state index contributed by atoms with van der Waals surface area (Å²) in [6.45, 7) is 4.79. The lowest BCUT2D eigenvalue weighted by molar-refractivity contribution is 0.158. The molecule has 0 radical (unpaired) electrons. The molecule has 2 N–H and O–H groups in total. The standard InChI is InChI=1S/C14H18BrFN2S/c1-14(13(17)19)2-4-18(5-3-14)9-10-6-11(15)8-12(16)7-10/h6-8H,2-5,9H2,1H3,(H2,17,19). The monoisotopic (exact) mass is 344 g/mol. The summed E-state index contributed by atoms with van der Waals surface area (Å²) in [4.78, 5) is 2.93. The quantitative estimate of drug-likeness (QED) is 0.851. The molecule has 5 heteroatoms. The van der Waals surface area contributed by atoms with E-state index in [4.69, 9.17) is 18.0 Å². The van der Waals surface area contributed by atoms with Gasteiger partial charge in [-0.2, -0.15) is 0 Å². The molecule has 0 unspecified atom stereocenters. The van der Waals surface area contributed by atoms with Gasteiger partial charge in [-0.15, -0.1) is 0 Å². The summed E-state index contributed by atoms with van der Waals surface area (Å²) in [7, 11) is 0. The number of thiocarbonyl (C=S) groups is 1. The van der Waals surface area contributed by atoms with Gasteiger partial charge in [-0.1, -0.05) is 35.1 Å². The average molecular weight is 345 g/mol. The third-order valence-electron chi connectivity index (χ3n) is 3.88. The average Bonchev–Trinajstić information content (AvgIpc) is 2.31. The summed E-state index contributed by atoms with van der Waals surface area (Å²) < 4.78 is 14.1. The number of hydrogen-bond donors (Lipinski definition) is 1. The highest BCUT2D eigenvalue weighted by Crippen LogP contribution is 2.31. The number of hydrogen-bond acceptors (Lipinski definition) is 2. The molecule has 1 aromatic carbocycles. The van der Waals surface area contributed by atoms with Crippen molar-refractivity contribution in [2.75, 3.05) is 13.1 Å². The van der Waals surface area contributed by atoms with Gasteiger partial charge in [0.05, 0.1) is 4.99 Å². The Hall–Kier alpha value is -0.520. The molecule has 1 heterocycles. The van der Waals surface area contributed by atoms with Crippen LogP contribution in [-0.4, -0.2) is 23.0 Å². The van der Waals surface area contributed by atoms with Crippen molar-refractivity contribution in [1.29, 1.82) is 0 Å². The van der Waals surface area contributed by atoms with Crippen LogP contribution < -0.4 is 5.73 Å².